The monoisotopic (exact) mass is 293 g/mol. The Morgan fingerprint density at radius 1 is 1.38 bits per heavy atom. The first kappa shape index (κ1) is 15.2. The average molecular weight is 293 g/mol. The maximum atomic E-state index is 11.1. The van der Waals surface area contributed by atoms with Crippen molar-refractivity contribution in [3.63, 3.8) is 0 Å². The number of rotatable bonds is 7. The molecule has 0 unspecified atom stereocenters. The summed E-state index contributed by atoms with van der Waals surface area (Å²) in [4.78, 5) is 11.1. The van der Waals surface area contributed by atoms with Gasteiger partial charge in [-0.1, -0.05) is 12.1 Å². The fourth-order valence-corrected chi connectivity index (χ4v) is 2.15. The third-order valence-electron chi connectivity index (χ3n) is 3.21. The number of methoxy groups -OCH3 is 1. The van der Waals surface area contributed by atoms with Crippen molar-refractivity contribution >= 4 is 5.97 Å². The molecule has 0 spiro atoms. The number of hydrogen-bond acceptors (Lipinski definition) is 5. The fourth-order valence-electron chi connectivity index (χ4n) is 2.15. The highest BCUT2D eigenvalue weighted by Gasteiger charge is 2.20. The van der Waals surface area contributed by atoms with Gasteiger partial charge >= 0.3 is 5.97 Å². The molecule has 0 aliphatic rings. The minimum atomic E-state index is -1.11. The van der Waals surface area contributed by atoms with Crippen LogP contribution in [0.2, 0.25) is 0 Å². The van der Waals surface area contributed by atoms with Gasteiger partial charge < -0.3 is 9.84 Å². The summed E-state index contributed by atoms with van der Waals surface area (Å²) in [5, 5.41) is 21.2. The van der Waals surface area contributed by atoms with Crippen molar-refractivity contribution < 1.29 is 14.6 Å². The van der Waals surface area contributed by atoms with E-state index in [1.54, 1.807) is 4.68 Å². The molecule has 0 aliphatic heterocycles. The molecule has 0 bridgehead atoms. The smallest absolute Gasteiger partial charge is 0.358 e. The first-order chi connectivity index (χ1) is 10.1. The van der Waals surface area contributed by atoms with Gasteiger partial charge in [-0.15, -0.1) is 5.10 Å². The molecule has 8 nitrogen and oxygen atoms in total. The molecule has 2 heterocycles. The van der Waals surface area contributed by atoms with E-state index in [1.165, 1.54) is 7.11 Å². The summed E-state index contributed by atoms with van der Waals surface area (Å²) in [5.74, 6) is -1.11. The molecule has 2 aromatic heterocycles. The van der Waals surface area contributed by atoms with Crippen molar-refractivity contribution in [2.75, 3.05) is 7.11 Å². The van der Waals surface area contributed by atoms with Crippen LogP contribution in [0.5, 0.6) is 0 Å². The Morgan fingerprint density at radius 3 is 2.71 bits per heavy atom. The van der Waals surface area contributed by atoms with Crippen LogP contribution in [-0.4, -0.2) is 43.0 Å². The van der Waals surface area contributed by atoms with Gasteiger partial charge in [-0.3, -0.25) is 4.68 Å². The van der Waals surface area contributed by atoms with Crippen LogP contribution in [0.3, 0.4) is 0 Å². The standard InChI is InChI=1S/C13H19N5O3/c1-4-9-6-10(17(5-2)15-9)7-18-11(8-21-3)12(13(19)20)14-16-18/h6H,4-5,7-8H2,1-3H3,(H,19,20). The topological polar surface area (TPSA) is 95.1 Å². The minimum absolute atomic E-state index is 0.0740. The van der Waals surface area contributed by atoms with E-state index in [0.29, 0.717) is 12.2 Å². The Kier molecular flexibility index (Phi) is 4.69. The summed E-state index contributed by atoms with van der Waals surface area (Å²) in [6, 6.07) is 2.00. The van der Waals surface area contributed by atoms with Crippen LogP contribution < -0.4 is 0 Å². The lowest BCUT2D eigenvalue weighted by molar-refractivity contribution is 0.0684. The van der Waals surface area contributed by atoms with Gasteiger partial charge in [0, 0.05) is 13.7 Å². The third kappa shape index (κ3) is 3.10. The van der Waals surface area contributed by atoms with Crippen molar-refractivity contribution in [2.45, 2.75) is 40.0 Å². The Hall–Kier alpha value is -2.22. The van der Waals surface area contributed by atoms with E-state index < -0.39 is 5.97 Å². The van der Waals surface area contributed by atoms with Crippen LogP contribution in [0.4, 0.5) is 0 Å². The largest absolute Gasteiger partial charge is 0.476 e. The molecule has 8 heteroatoms. The predicted octanol–water partition coefficient (Wildman–Crippen LogP) is 0.950. The zero-order chi connectivity index (χ0) is 15.4. The molecular weight excluding hydrogens is 274 g/mol. The number of aryl methyl sites for hydroxylation is 2. The van der Waals surface area contributed by atoms with Crippen LogP contribution in [0, 0.1) is 0 Å². The number of carboxylic acid groups (broad SMARTS) is 1. The maximum Gasteiger partial charge on any atom is 0.358 e. The van der Waals surface area contributed by atoms with Gasteiger partial charge in [0.1, 0.15) is 0 Å². The summed E-state index contributed by atoms with van der Waals surface area (Å²) in [7, 11) is 1.51. The number of nitrogens with zero attached hydrogens (tertiary/aromatic N) is 5. The molecule has 0 aliphatic carbocycles. The highest BCUT2D eigenvalue weighted by Crippen LogP contribution is 2.12. The van der Waals surface area contributed by atoms with Crippen molar-refractivity contribution in [3.8, 4) is 0 Å². The van der Waals surface area contributed by atoms with Crippen LogP contribution in [0.25, 0.3) is 0 Å². The first-order valence-corrected chi connectivity index (χ1v) is 6.80. The van der Waals surface area contributed by atoms with Crippen molar-refractivity contribution in [1.29, 1.82) is 0 Å². The second-order valence-electron chi connectivity index (χ2n) is 4.58. The normalized spacial score (nSPS) is 11.0. The summed E-state index contributed by atoms with van der Waals surface area (Å²) in [6.07, 6.45) is 0.850. The Labute approximate surface area is 122 Å². The number of ether oxygens (including phenoxy) is 1. The number of hydrogen-bond donors (Lipinski definition) is 1. The van der Waals surface area contributed by atoms with Gasteiger partial charge in [0.2, 0.25) is 0 Å². The third-order valence-corrected chi connectivity index (χ3v) is 3.21. The summed E-state index contributed by atoms with van der Waals surface area (Å²) in [6.45, 7) is 5.36. The Balaban J connectivity index is 2.35. The minimum Gasteiger partial charge on any atom is -0.476 e. The number of aromatic carboxylic acids is 1. The lowest BCUT2D eigenvalue weighted by Crippen LogP contribution is -2.13. The summed E-state index contributed by atoms with van der Waals surface area (Å²) >= 11 is 0. The molecule has 0 fully saturated rings. The number of carbonyl (C=O) groups is 1. The molecule has 2 rings (SSSR count). The molecule has 0 radical (unpaired) electrons. The molecule has 1 N–H and O–H groups in total. The van der Waals surface area contributed by atoms with Crippen LogP contribution in [-0.2, 0) is 30.9 Å². The highest BCUT2D eigenvalue weighted by atomic mass is 16.5. The first-order valence-electron chi connectivity index (χ1n) is 6.80. The molecule has 21 heavy (non-hydrogen) atoms. The second kappa shape index (κ2) is 6.49. The quantitative estimate of drug-likeness (QED) is 0.816. The fraction of sp³-hybridized carbons (Fsp3) is 0.538. The molecule has 0 aromatic carbocycles. The van der Waals surface area contributed by atoms with Gasteiger partial charge in [-0.2, -0.15) is 5.10 Å². The molecule has 114 valence electrons. The average Bonchev–Trinajstić information content (AvgIpc) is 3.04. The number of aromatic nitrogens is 5. The van der Waals surface area contributed by atoms with E-state index in [2.05, 4.69) is 15.4 Å². The van der Waals surface area contributed by atoms with Crippen molar-refractivity contribution in [2.24, 2.45) is 0 Å². The summed E-state index contributed by atoms with van der Waals surface area (Å²) in [5.41, 5.74) is 2.34. The van der Waals surface area contributed by atoms with Crippen molar-refractivity contribution in [1.82, 2.24) is 24.8 Å². The van der Waals surface area contributed by atoms with E-state index in [4.69, 9.17) is 9.84 Å². The number of carboxylic acids is 1. The molecule has 2 aromatic rings. The van der Waals surface area contributed by atoms with Gasteiger partial charge in [0.15, 0.2) is 5.69 Å². The maximum absolute atomic E-state index is 11.1. The van der Waals surface area contributed by atoms with Crippen LogP contribution >= 0.6 is 0 Å². The summed E-state index contributed by atoms with van der Waals surface area (Å²) < 4.78 is 8.49. The molecule has 0 amide bonds. The van der Waals surface area contributed by atoms with Crippen molar-refractivity contribution in [3.05, 3.63) is 28.8 Å². The van der Waals surface area contributed by atoms with Gasteiger partial charge in [0.25, 0.3) is 0 Å². The van der Waals surface area contributed by atoms with Gasteiger partial charge in [-0.05, 0) is 19.4 Å². The second-order valence-corrected chi connectivity index (χ2v) is 4.58. The van der Waals surface area contributed by atoms with Crippen LogP contribution in [0.1, 0.15) is 41.4 Å². The Morgan fingerprint density at radius 2 is 2.14 bits per heavy atom. The van der Waals surface area contributed by atoms with Crippen LogP contribution in [0.15, 0.2) is 6.07 Å². The lowest BCUT2D eigenvalue weighted by atomic mass is 10.3. The molecular formula is C13H19N5O3. The SMILES string of the molecule is CCc1cc(Cn2nnc(C(=O)O)c2COC)n(CC)n1. The lowest BCUT2D eigenvalue weighted by Gasteiger charge is -2.07. The van der Waals surface area contributed by atoms with E-state index in [1.807, 2.05) is 24.6 Å². The molecule has 0 saturated carbocycles. The predicted molar refractivity (Wildman–Crippen MR) is 74.1 cm³/mol. The zero-order valence-electron chi connectivity index (χ0n) is 12.4. The van der Waals surface area contributed by atoms with E-state index in [-0.39, 0.29) is 12.3 Å². The van der Waals surface area contributed by atoms with Gasteiger partial charge in [-0.25, -0.2) is 9.48 Å². The molecule has 0 saturated heterocycles. The van der Waals surface area contributed by atoms with E-state index in [9.17, 15) is 4.79 Å². The van der Waals surface area contributed by atoms with E-state index in [0.717, 1.165) is 24.4 Å². The van der Waals surface area contributed by atoms with Gasteiger partial charge in [0.05, 0.1) is 30.2 Å². The molecule has 0 atom stereocenters. The Bertz CT molecular complexity index is 632. The highest BCUT2D eigenvalue weighted by molar-refractivity contribution is 5.86. The van der Waals surface area contributed by atoms with E-state index >= 15 is 0 Å². The zero-order valence-corrected chi connectivity index (χ0v) is 12.4.